The van der Waals surface area contributed by atoms with Crippen LogP contribution in [-0.2, 0) is 0 Å². The Morgan fingerprint density at radius 2 is 1.12 bits per heavy atom. The monoisotopic (exact) mass is 108 g/mol. The normalized spacial score (nSPS) is 7.62. The van der Waals surface area contributed by atoms with Gasteiger partial charge >= 0.3 is 23.3 Å². The van der Waals surface area contributed by atoms with Gasteiger partial charge in [0.1, 0.15) is 0 Å². The van der Waals surface area contributed by atoms with Crippen LogP contribution in [0.1, 0.15) is 39.5 Å². The third kappa shape index (κ3) is 16.0. The van der Waals surface area contributed by atoms with E-state index in [-0.39, 0.29) is 0 Å². The number of rotatable bonds is 3. The van der Waals surface area contributed by atoms with E-state index in [1.807, 2.05) is 23.3 Å². The molecule has 0 aliphatic carbocycles. The van der Waals surface area contributed by atoms with Crippen LogP contribution in [0.25, 0.3) is 0 Å². The fraction of sp³-hybridized carbons (Fsp3) is 1.00. The van der Waals surface area contributed by atoms with Crippen molar-refractivity contribution in [1.82, 2.24) is 0 Å². The van der Waals surface area contributed by atoms with E-state index >= 15 is 0 Å². The molecule has 0 bridgehead atoms. The molecule has 0 radical (unpaired) electrons. The maximum atomic E-state index is 2.23. The molecule has 8 heavy (non-hydrogen) atoms. The van der Waals surface area contributed by atoms with E-state index in [0.717, 1.165) is 0 Å². The van der Waals surface area contributed by atoms with Crippen LogP contribution in [0.3, 0.4) is 0 Å². The summed E-state index contributed by atoms with van der Waals surface area (Å²) >= 11 is 2.00. The first-order valence-electron chi connectivity index (χ1n) is 3.91. The van der Waals surface area contributed by atoms with Gasteiger partial charge in [-0.2, -0.15) is 0 Å². The van der Waals surface area contributed by atoms with Gasteiger partial charge in [0.05, 0.1) is 0 Å². The van der Waals surface area contributed by atoms with E-state index in [1.165, 1.54) is 25.7 Å². The fourth-order valence-corrected chi connectivity index (χ4v) is 0.500. The molecule has 0 saturated carbocycles. The summed E-state index contributed by atoms with van der Waals surface area (Å²) in [5, 5.41) is 0. The van der Waals surface area contributed by atoms with Gasteiger partial charge in [0.2, 0.25) is 0 Å². The molecule has 0 saturated heterocycles. The fourth-order valence-electron chi connectivity index (χ4n) is 0.500. The summed E-state index contributed by atoms with van der Waals surface area (Å²) < 4.78 is 0. The Hall–Kier alpha value is 0.597. The molecule has 0 aromatic heterocycles. The van der Waals surface area contributed by atoms with Crippen molar-refractivity contribution in [2.24, 2.45) is 0 Å². The molecular weight excluding hydrogens is 91.0 g/mol. The Morgan fingerprint density at radius 1 is 0.875 bits per heavy atom. The summed E-state index contributed by atoms with van der Waals surface area (Å²) in [5.74, 6) is 0. The van der Waals surface area contributed by atoms with Crippen LogP contribution in [0.15, 0.2) is 0 Å². The summed E-state index contributed by atoms with van der Waals surface area (Å²) in [6.07, 6.45) is 5.54. The molecule has 1 heteroatoms. The van der Waals surface area contributed by atoms with Crippen LogP contribution in [0.5, 0.6) is 0 Å². The van der Waals surface area contributed by atoms with Crippen LogP contribution in [0.4, 0.5) is 0 Å². The van der Waals surface area contributed by atoms with Gasteiger partial charge in [-0.1, -0.05) is 39.5 Å². The Balaban J connectivity index is 0. The van der Waals surface area contributed by atoms with Crippen molar-refractivity contribution in [3.8, 4) is 0 Å². The molecule has 0 atom stereocenters. The minimum atomic E-state index is 1.36. The van der Waals surface area contributed by atoms with Gasteiger partial charge in [-0.15, -0.1) is 0 Å². The van der Waals surface area contributed by atoms with Gasteiger partial charge < -0.3 is 0 Å². The zero-order valence-corrected chi connectivity index (χ0v) is 6.83. The Kier molecular flexibility index (Phi) is 22.3. The van der Waals surface area contributed by atoms with Gasteiger partial charge in [-0.3, -0.25) is 0 Å². The first kappa shape index (κ1) is 11.4. The average molecular weight is 108 g/mol. The van der Waals surface area contributed by atoms with Gasteiger partial charge in [0.15, 0.2) is 0 Å². The van der Waals surface area contributed by atoms with Gasteiger partial charge in [0.25, 0.3) is 0 Å². The molecule has 0 aliphatic rings. The zero-order chi connectivity index (χ0) is 6.83. The predicted molar refractivity (Wildman–Crippen MR) is 41.4 cm³/mol. The molecule has 0 amide bonds. The Labute approximate surface area is 63.3 Å². The molecular formula is C7H17Li. The van der Waals surface area contributed by atoms with Crippen LogP contribution in [-0.4, -0.2) is 17.7 Å². The van der Waals surface area contributed by atoms with E-state index in [0.29, 0.717) is 0 Å². The maximum absolute atomic E-state index is 2.23. The topological polar surface area (TPSA) is 0 Å². The van der Waals surface area contributed by atoms with Crippen LogP contribution < -0.4 is 0 Å². The Morgan fingerprint density at radius 3 is 1.25 bits per heavy atom. The third-order valence-corrected chi connectivity index (χ3v) is 0.957. The van der Waals surface area contributed by atoms with Crippen LogP contribution in [0, 0.1) is 0 Å². The van der Waals surface area contributed by atoms with Gasteiger partial charge in [-0.25, -0.2) is 0 Å². The quantitative estimate of drug-likeness (QED) is 0.385. The molecule has 0 N–H and O–H groups in total. The third-order valence-electron chi connectivity index (χ3n) is 0.957. The van der Waals surface area contributed by atoms with Crippen molar-refractivity contribution in [3.05, 3.63) is 0 Å². The summed E-state index contributed by atoms with van der Waals surface area (Å²) in [4.78, 5) is 0. The molecule has 46 valence electrons. The molecule has 0 fully saturated rings. The minimum absolute atomic E-state index is 1.36. The second-order valence-electron chi connectivity index (χ2n) is 1.71. The van der Waals surface area contributed by atoms with E-state index < -0.39 is 0 Å². The molecule has 0 aromatic rings. The summed E-state index contributed by atoms with van der Waals surface area (Å²) in [6, 6.07) is 0. The first-order chi connectivity index (χ1) is 3.91. The molecule has 0 rings (SSSR count). The van der Waals surface area contributed by atoms with Crippen molar-refractivity contribution in [1.29, 1.82) is 0 Å². The standard InChI is InChI=1S/C6H14.CH3.Li/c1-3-5-6-4-2;;/h3-6H2,1-2H3;1H3;. The summed E-state index contributed by atoms with van der Waals surface area (Å²) in [7, 11) is 0. The predicted octanol–water partition coefficient (Wildman–Crippen LogP) is 2.79. The van der Waals surface area contributed by atoms with Gasteiger partial charge in [0, 0.05) is 0 Å². The van der Waals surface area contributed by atoms with Gasteiger partial charge in [-0.05, 0) is 0 Å². The molecule has 0 aliphatic heterocycles. The zero-order valence-electron chi connectivity index (χ0n) is 6.83. The van der Waals surface area contributed by atoms with E-state index in [4.69, 9.17) is 0 Å². The summed E-state index contributed by atoms with van der Waals surface area (Å²) in [5.41, 5.74) is 2.00. The molecule has 0 unspecified atom stereocenters. The average Bonchev–Trinajstić information content (AvgIpc) is 1.88. The number of hydrogen-bond donors (Lipinski definition) is 0. The molecule has 0 heterocycles. The van der Waals surface area contributed by atoms with Crippen molar-refractivity contribution < 1.29 is 0 Å². The molecule has 0 nitrogen and oxygen atoms in total. The SMILES string of the molecule is CCCCCC.[Li][CH3]. The van der Waals surface area contributed by atoms with Crippen LogP contribution >= 0.6 is 0 Å². The van der Waals surface area contributed by atoms with Crippen molar-refractivity contribution in [3.63, 3.8) is 0 Å². The first-order valence-corrected chi connectivity index (χ1v) is 3.91. The van der Waals surface area contributed by atoms with E-state index in [2.05, 4.69) is 13.8 Å². The second-order valence-corrected chi connectivity index (χ2v) is 1.71. The number of hydrogen-bond acceptors (Lipinski definition) is 0. The summed E-state index contributed by atoms with van der Waals surface area (Å²) in [6.45, 7) is 4.46. The van der Waals surface area contributed by atoms with E-state index in [9.17, 15) is 0 Å². The van der Waals surface area contributed by atoms with Crippen LogP contribution in [0.2, 0.25) is 5.60 Å². The second kappa shape index (κ2) is 15.6. The molecule has 0 spiro atoms. The molecule has 0 aromatic carbocycles. The van der Waals surface area contributed by atoms with Crippen molar-refractivity contribution in [2.45, 2.75) is 45.1 Å². The van der Waals surface area contributed by atoms with E-state index in [1.54, 1.807) is 0 Å². The number of unbranched alkanes of at least 4 members (excludes halogenated alkanes) is 3. The van der Waals surface area contributed by atoms with Crippen molar-refractivity contribution >= 4 is 17.7 Å². The van der Waals surface area contributed by atoms with Crippen molar-refractivity contribution in [2.75, 3.05) is 0 Å². The Bertz CT molecular complexity index is 16.3.